The van der Waals surface area contributed by atoms with Crippen LogP contribution < -0.4 is 24.4 Å². The summed E-state index contributed by atoms with van der Waals surface area (Å²) in [4.78, 5) is 6.43. The van der Waals surface area contributed by atoms with Gasteiger partial charge in [0.15, 0.2) is 0 Å². The Morgan fingerprint density at radius 1 is 1.17 bits per heavy atom. The van der Waals surface area contributed by atoms with Gasteiger partial charge in [0.05, 0.1) is 29.8 Å². The minimum atomic E-state index is -3.71. The Morgan fingerprint density at radius 2 is 1.95 bits per heavy atom. The van der Waals surface area contributed by atoms with Crippen LogP contribution in [0.4, 0.5) is 5.69 Å². The molecule has 1 spiro atoms. The summed E-state index contributed by atoms with van der Waals surface area (Å²) in [6, 6.07) is 7.78. The van der Waals surface area contributed by atoms with Crippen LogP contribution in [0.3, 0.4) is 0 Å². The Balaban J connectivity index is 1.08. The van der Waals surface area contributed by atoms with Crippen LogP contribution in [0, 0.1) is 0 Å². The molecule has 3 N–H and O–H groups in total. The number of likely N-dealkylation sites (N-methyl/N-ethyl adjacent to an activating group) is 1. The highest BCUT2D eigenvalue weighted by atomic mass is 32.2. The molecule has 3 aliphatic heterocycles. The van der Waals surface area contributed by atoms with E-state index >= 15 is 0 Å². The van der Waals surface area contributed by atoms with Gasteiger partial charge in [0, 0.05) is 45.3 Å². The Morgan fingerprint density at radius 3 is 2.71 bits per heavy atom. The number of piperidine rings is 1. The third-order valence-corrected chi connectivity index (χ3v) is 11.3. The van der Waals surface area contributed by atoms with E-state index in [9.17, 15) is 21.9 Å². The van der Waals surface area contributed by atoms with Gasteiger partial charge in [-0.25, -0.2) is 26.5 Å². The lowest BCUT2D eigenvalue weighted by molar-refractivity contribution is -0.0312. The minimum Gasteiger partial charge on any atom is -0.491 e. The summed E-state index contributed by atoms with van der Waals surface area (Å²) in [6.07, 6.45) is 2.40. The number of aliphatic hydroxyl groups is 1. The van der Waals surface area contributed by atoms with Crippen LogP contribution in [0.25, 0.3) is 0 Å². The zero-order chi connectivity index (χ0) is 30.0. The summed E-state index contributed by atoms with van der Waals surface area (Å²) in [5, 5.41) is 13.8. The molecule has 42 heavy (non-hydrogen) atoms. The quantitative estimate of drug-likeness (QED) is 0.320. The maximum Gasteiger partial charge on any atom is 0.244 e. The number of fused-ring (bicyclic) bond motifs is 1. The van der Waals surface area contributed by atoms with E-state index in [4.69, 9.17) is 14.2 Å². The van der Waals surface area contributed by atoms with Crippen molar-refractivity contribution < 1.29 is 36.2 Å². The van der Waals surface area contributed by atoms with Crippen LogP contribution in [0.1, 0.15) is 26.2 Å². The molecule has 4 heterocycles. The van der Waals surface area contributed by atoms with E-state index in [0.717, 1.165) is 0 Å². The lowest BCUT2D eigenvalue weighted by atomic mass is 9.88. The van der Waals surface area contributed by atoms with Gasteiger partial charge in [0.2, 0.25) is 25.9 Å². The van der Waals surface area contributed by atoms with E-state index in [0.29, 0.717) is 69.4 Å². The van der Waals surface area contributed by atoms with Crippen LogP contribution >= 0.6 is 0 Å². The monoisotopic (exact) mass is 625 g/mol. The Labute approximate surface area is 247 Å². The van der Waals surface area contributed by atoms with Crippen molar-refractivity contribution in [1.82, 2.24) is 19.3 Å². The van der Waals surface area contributed by atoms with Crippen molar-refractivity contribution in [3.8, 4) is 11.6 Å². The zero-order valence-electron chi connectivity index (χ0n) is 23.9. The summed E-state index contributed by atoms with van der Waals surface area (Å²) in [6.45, 7) is 4.57. The summed E-state index contributed by atoms with van der Waals surface area (Å²) >= 11 is 0. The van der Waals surface area contributed by atoms with E-state index in [1.165, 1.54) is 22.6 Å². The maximum atomic E-state index is 13.4. The molecule has 1 aromatic heterocycles. The predicted molar refractivity (Wildman–Crippen MR) is 155 cm³/mol. The molecule has 2 fully saturated rings. The van der Waals surface area contributed by atoms with Gasteiger partial charge >= 0.3 is 0 Å². The van der Waals surface area contributed by atoms with E-state index in [1.807, 2.05) is 11.9 Å². The summed E-state index contributed by atoms with van der Waals surface area (Å²) < 4.78 is 72.5. The van der Waals surface area contributed by atoms with Gasteiger partial charge in [-0.05, 0) is 37.5 Å². The molecule has 0 bridgehead atoms. The van der Waals surface area contributed by atoms with E-state index in [2.05, 4.69) is 15.0 Å². The van der Waals surface area contributed by atoms with Crippen molar-refractivity contribution in [2.75, 3.05) is 64.5 Å². The number of pyridine rings is 1. The predicted octanol–water partition coefficient (Wildman–Crippen LogP) is 0.550. The highest BCUT2D eigenvalue weighted by Gasteiger charge is 2.45. The second-order valence-electron chi connectivity index (χ2n) is 10.9. The SMILES string of the molecule is CCNS(=O)(=O)c1cccc(OCC(O)CN[C@H]2COC3(CCN(S(=O)(=O)c4cnc5c(c4)N(C)CCO5)CC3)C2)c1. The fourth-order valence-electron chi connectivity index (χ4n) is 5.51. The van der Waals surface area contributed by atoms with E-state index < -0.39 is 31.8 Å². The number of nitrogens with zero attached hydrogens (tertiary/aromatic N) is 3. The lowest BCUT2D eigenvalue weighted by Crippen LogP contribution is -2.47. The lowest BCUT2D eigenvalue weighted by Gasteiger charge is -2.38. The molecule has 0 saturated carbocycles. The number of hydrogen-bond donors (Lipinski definition) is 3. The molecule has 2 aromatic rings. The summed E-state index contributed by atoms with van der Waals surface area (Å²) in [7, 11) is -5.43. The molecule has 2 atom stereocenters. The second kappa shape index (κ2) is 12.6. The first-order valence-corrected chi connectivity index (χ1v) is 17.1. The Bertz CT molecular complexity index is 1460. The largest absolute Gasteiger partial charge is 0.491 e. The molecular weight excluding hydrogens is 586 g/mol. The van der Waals surface area contributed by atoms with Gasteiger partial charge in [-0.2, -0.15) is 4.31 Å². The van der Waals surface area contributed by atoms with Crippen molar-refractivity contribution >= 4 is 25.7 Å². The van der Waals surface area contributed by atoms with Crippen LogP contribution in [0.15, 0.2) is 46.3 Å². The average Bonchev–Trinajstić information content (AvgIpc) is 3.37. The van der Waals surface area contributed by atoms with Crippen LogP contribution in [-0.4, -0.2) is 109 Å². The van der Waals surface area contributed by atoms with Crippen LogP contribution in [-0.2, 0) is 24.8 Å². The highest BCUT2D eigenvalue weighted by molar-refractivity contribution is 7.89. The van der Waals surface area contributed by atoms with Gasteiger partial charge in [-0.15, -0.1) is 0 Å². The molecule has 1 unspecified atom stereocenters. The summed E-state index contributed by atoms with van der Waals surface area (Å²) in [5.41, 5.74) is 0.258. The second-order valence-corrected chi connectivity index (χ2v) is 14.6. The standard InChI is InChI=1S/C27H39N5O8S2/c1-3-30-41(34,35)23-6-4-5-22(13-23)39-19-21(33)16-28-20-15-27(40-18-20)7-9-32(10-8-27)42(36,37)24-14-25-26(29-17-24)38-12-11-31(25)2/h4-6,13-14,17,20-21,28,30,33H,3,7-12,15-16,18-19H2,1-2H3/t20-,21?/m1/s1. The molecule has 13 nitrogen and oxygen atoms in total. The molecule has 1 aromatic carbocycles. The van der Waals surface area contributed by atoms with Gasteiger partial charge in [0.1, 0.15) is 35.7 Å². The topological polar surface area (TPSA) is 160 Å². The van der Waals surface area contributed by atoms with Gasteiger partial charge in [-0.1, -0.05) is 13.0 Å². The number of ether oxygens (including phenoxy) is 3. The molecule has 2 saturated heterocycles. The molecule has 15 heteroatoms. The number of anilines is 1. The summed E-state index contributed by atoms with van der Waals surface area (Å²) in [5.74, 6) is 0.795. The smallest absolute Gasteiger partial charge is 0.244 e. The van der Waals surface area contributed by atoms with Crippen LogP contribution in [0.2, 0.25) is 0 Å². The highest BCUT2D eigenvalue weighted by Crippen LogP contribution is 2.38. The number of aromatic nitrogens is 1. The molecule has 232 valence electrons. The first kappa shape index (κ1) is 30.9. The van der Waals surface area contributed by atoms with Gasteiger partial charge < -0.3 is 29.5 Å². The molecule has 0 aliphatic carbocycles. The Hall–Kier alpha value is -2.53. The van der Waals surface area contributed by atoms with Crippen molar-refractivity contribution in [3.05, 3.63) is 36.5 Å². The van der Waals surface area contributed by atoms with Crippen molar-refractivity contribution in [2.24, 2.45) is 0 Å². The van der Waals surface area contributed by atoms with Crippen molar-refractivity contribution in [1.29, 1.82) is 0 Å². The number of nitrogens with one attached hydrogen (secondary N) is 2. The molecule has 3 aliphatic rings. The fraction of sp³-hybridized carbons (Fsp3) is 0.593. The third kappa shape index (κ3) is 6.82. The van der Waals surface area contributed by atoms with E-state index in [-0.39, 0.29) is 35.5 Å². The normalized spacial score (nSPS) is 21.6. The Kier molecular flexibility index (Phi) is 9.27. The number of benzene rings is 1. The van der Waals surface area contributed by atoms with Gasteiger partial charge in [-0.3, -0.25) is 0 Å². The fourth-order valence-corrected chi connectivity index (χ4v) is 8.00. The zero-order valence-corrected chi connectivity index (χ0v) is 25.5. The number of aliphatic hydroxyl groups excluding tert-OH is 1. The van der Waals surface area contributed by atoms with Gasteiger partial charge in [0.25, 0.3) is 0 Å². The number of hydrogen-bond acceptors (Lipinski definition) is 11. The molecule has 5 rings (SSSR count). The number of rotatable bonds is 11. The third-order valence-electron chi connectivity index (χ3n) is 7.90. The maximum absolute atomic E-state index is 13.4. The average molecular weight is 626 g/mol. The van der Waals surface area contributed by atoms with Crippen molar-refractivity contribution in [3.63, 3.8) is 0 Å². The first-order chi connectivity index (χ1) is 20.0. The first-order valence-electron chi connectivity index (χ1n) is 14.1. The van der Waals surface area contributed by atoms with Crippen molar-refractivity contribution in [2.45, 2.75) is 53.7 Å². The molecule has 0 amide bonds. The number of sulfonamides is 2. The minimum absolute atomic E-state index is 0.0109. The molecule has 0 radical (unpaired) electrons. The van der Waals surface area contributed by atoms with E-state index in [1.54, 1.807) is 25.1 Å². The molecular formula is C27H39N5O8S2. The van der Waals surface area contributed by atoms with Crippen LogP contribution in [0.5, 0.6) is 11.6 Å².